The smallest absolute Gasteiger partial charge is 0.172 e. The molecule has 2 nitrogen and oxygen atoms in total. The normalized spacial score (nSPS) is 12.3. The minimum Gasteiger partial charge on any atom is -0.339 e. The highest BCUT2D eigenvalue weighted by molar-refractivity contribution is 9.10. The van der Waals surface area contributed by atoms with Gasteiger partial charge in [0.15, 0.2) is 4.33 Å². The van der Waals surface area contributed by atoms with Crippen LogP contribution in [0.1, 0.15) is 12.7 Å². The van der Waals surface area contributed by atoms with Crippen LogP contribution < -0.4 is 0 Å². The van der Waals surface area contributed by atoms with Crippen molar-refractivity contribution in [2.75, 3.05) is 0 Å². The highest BCUT2D eigenvalue weighted by Gasteiger charge is 2.24. The SMILES string of the molecule is CC(Cl)(Cl)c1nc2c(Br)cccc2[nH]1. The number of nitrogens with zero attached hydrogens (tertiary/aromatic N) is 1. The maximum atomic E-state index is 5.94. The van der Waals surface area contributed by atoms with Crippen LogP contribution in [0.4, 0.5) is 0 Å². The summed E-state index contributed by atoms with van der Waals surface area (Å²) in [5, 5.41) is 0. The fourth-order valence-electron chi connectivity index (χ4n) is 1.21. The van der Waals surface area contributed by atoms with Crippen molar-refractivity contribution < 1.29 is 0 Å². The van der Waals surface area contributed by atoms with Gasteiger partial charge in [-0.25, -0.2) is 4.98 Å². The molecule has 2 aromatic rings. The van der Waals surface area contributed by atoms with E-state index in [0.29, 0.717) is 5.82 Å². The van der Waals surface area contributed by atoms with Crippen LogP contribution >= 0.6 is 39.1 Å². The summed E-state index contributed by atoms with van der Waals surface area (Å²) < 4.78 is -0.0616. The molecule has 74 valence electrons. The van der Waals surface area contributed by atoms with Gasteiger partial charge in [0.1, 0.15) is 11.3 Å². The molecule has 2 rings (SSSR count). The van der Waals surface area contributed by atoms with E-state index in [4.69, 9.17) is 23.2 Å². The lowest BCUT2D eigenvalue weighted by Gasteiger charge is -2.07. The van der Waals surface area contributed by atoms with Crippen molar-refractivity contribution in [3.63, 3.8) is 0 Å². The van der Waals surface area contributed by atoms with E-state index in [1.165, 1.54) is 0 Å². The number of fused-ring (bicyclic) bond motifs is 1. The average Bonchev–Trinajstić information content (AvgIpc) is 2.48. The number of aromatic amines is 1. The third kappa shape index (κ3) is 1.76. The highest BCUT2D eigenvalue weighted by atomic mass is 79.9. The molecule has 1 heterocycles. The molecule has 5 heteroatoms. The van der Waals surface area contributed by atoms with E-state index in [1.807, 2.05) is 18.2 Å². The van der Waals surface area contributed by atoms with Gasteiger partial charge in [0.05, 0.1) is 5.52 Å². The summed E-state index contributed by atoms with van der Waals surface area (Å²) in [6, 6.07) is 5.77. The van der Waals surface area contributed by atoms with Crippen LogP contribution in [-0.2, 0) is 4.33 Å². The van der Waals surface area contributed by atoms with Gasteiger partial charge < -0.3 is 4.98 Å². The zero-order valence-electron chi connectivity index (χ0n) is 7.31. The van der Waals surface area contributed by atoms with Crippen molar-refractivity contribution in [2.45, 2.75) is 11.3 Å². The van der Waals surface area contributed by atoms with Crippen LogP contribution in [-0.4, -0.2) is 9.97 Å². The number of H-pyrrole nitrogens is 1. The third-order valence-corrected chi connectivity index (χ3v) is 2.88. The van der Waals surface area contributed by atoms with E-state index in [9.17, 15) is 0 Å². The molecule has 0 radical (unpaired) electrons. The van der Waals surface area contributed by atoms with Gasteiger partial charge in [-0.3, -0.25) is 0 Å². The Kier molecular flexibility index (Phi) is 2.50. The van der Waals surface area contributed by atoms with Crippen molar-refractivity contribution in [1.82, 2.24) is 9.97 Å². The van der Waals surface area contributed by atoms with Gasteiger partial charge >= 0.3 is 0 Å². The molecule has 0 amide bonds. The quantitative estimate of drug-likeness (QED) is 0.792. The lowest BCUT2D eigenvalue weighted by molar-refractivity contribution is 0.881. The van der Waals surface area contributed by atoms with E-state index in [2.05, 4.69) is 25.9 Å². The van der Waals surface area contributed by atoms with Crippen molar-refractivity contribution in [3.05, 3.63) is 28.5 Å². The molecule has 0 saturated heterocycles. The Bertz CT molecular complexity index is 473. The zero-order valence-corrected chi connectivity index (χ0v) is 10.4. The Morgan fingerprint density at radius 3 is 2.71 bits per heavy atom. The second-order valence-corrected chi connectivity index (χ2v) is 5.67. The van der Waals surface area contributed by atoms with Crippen molar-refractivity contribution in [2.24, 2.45) is 0 Å². The maximum Gasteiger partial charge on any atom is 0.172 e. The van der Waals surface area contributed by atoms with E-state index in [1.54, 1.807) is 6.92 Å². The standard InChI is InChI=1S/C9H7BrCl2N2/c1-9(11,12)8-13-6-4-2-3-5(10)7(6)14-8/h2-4H,1H3,(H,13,14). The predicted octanol–water partition coefficient (Wildman–Crippen LogP) is 3.98. The Hall–Kier alpha value is -0.250. The largest absolute Gasteiger partial charge is 0.339 e. The fraction of sp³-hybridized carbons (Fsp3) is 0.222. The Morgan fingerprint density at radius 1 is 1.43 bits per heavy atom. The molecule has 0 fully saturated rings. The minimum atomic E-state index is -0.988. The van der Waals surface area contributed by atoms with Gasteiger partial charge in [-0.2, -0.15) is 0 Å². The van der Waals surface area contributed by atoms with Crippen molar-refractivity contribution in [3.8, 4) is 0 Å². The first-order valence-electron chi connectivity index (χ1n) is 4.01. The zero-order chi connectivity index (χ0) is 10.3. The van der Waals surface area contributed by atoms with Gasteiger partial charge in [-0.1, -0.05) is 29.3 Å². The van der Waals surface area contributed by atoms with Crippen LogP contribution in [0.3, 0.4) is 0 Å². The molecular weight excluding hydrogens is 287 g/mol. The molecule has 0 aliphatic heterocycles. The number of para-hydroxylation sites is 1. The van der Waals surface area contributed by atoms with Crippen LogP contribution in [0.25, 0.3) is 11.0 Å². The summed E-state index contributed by atoms with van der Waals surface area (Å²) in [5.41, 5.74) is 1.76. The van der Waals surface area contributed by atoms with Gasteiger partial charge in [0.2, 0.25) is 0 Å². The first kappa shape index (κ1) is 10.3. The van der Waals surface area contributed by atoms with Gasteiger partial charge in [-0.15, -0.1) is 0 Å². The first-order valence-corrected chi connectivity index (χ1v) is 5.56. The summed E-state index contributed by atoms with van der Waals surface area (Å²) >= 11 is 15.3. The highest BCUT2D eigenvalue weighted by Crippen LogP contribution is 2.33. The van der Waals surface area contributed by atoms with Crippen LogP contribution in [0, 0.1) is 0 Å². The number of rotatable bonds is 1. The molecule has 1 N–H and O–H groups in total. The fourth-order valence-corrected chi connectivity index (χ4v) is 1.84. The number of alkyl halides is 2. The number of hydrogen-bond acceptors (Lipinski definition) is 1. The molecule has 0 atom stereocenters. The summed E-state index contributed by atoms with van der Waals surface area (Å²) in [4.78, 5) is 7.39. The number of imidazole rings is 1. The second-order valence-electron chi connectivity index (χ2n) is 3.11. The molecule has 0 unspecified atom stereocenters. The Balaban J connectivity index is 2.69. The van der Waals surface area contributed by atoms with Gasteiger partial charge in [0, 0.05) is 4.47 Å². The molecule has 1 aromatic heterocycles. The molecule has 14 heavy (non-hydrogen) atoms. The molecule has 0 saturated carbocycles. The van der Waals surface area contributed by atoms with E-state index >= 15 is 0 Å². The lowest BCUT2D eigenvalue weighted by Crippen LogP contribution is -2.05. The average molecular weight is 294 g/mol. The molecule has 0 spiro atoms. The monoisotopic (exact) mass is 292 g/mol. The Labute approximate surface area is 99.7 Å². The molecule has 0 bridgehead atoms. The molecular formula is C9H7BrCl2N2. The van der Waals surface area contributed by atoms with Crippen molar-refractivity contribution >= 4 is 50.2 Å². The van der Waals surface area contributed by atoms with Gasteiger partial charge in [-0.05, 0) is 35.0 Å². The van der Waals surface area contributed by atoms with E-state index < -0.39 is 4.33 Å². The summed E-state index contributed by atoms with van der Waals surface area (Å²) in [7, 11) is 0. The number of nitrogens with one attached hydrogen (secondary N) is 1. The second kappa shape index (κ2) is 3.40. The lowest BCUT2D eigenvalue weighted by atomic mass is 10.3. The maximum absolute atomic E-state index is 5.94. The molecule has 0 aliphatic carbocycles. The number of benzene rings is 1. The van der Waals surface area contributed by atoms with Crippen LogP contribution in [0.15, 0.2) is 22.7 Å². The molecule has 1 aromatic carbocycles. The first-order chi connectivity index (χ1) is 6.48. The number of hydrogen-bond donors (Lipinski definition) is 1. The number of halogens is 3. The van der Waals surface area contributed by atoms with Crippen LogP contribution in [0.5, 0.6) is 0 Å². The van der Waals surface area contributed by atoms with Crippen molar-refractivity contribution in [1.29, 1.82) is 0 Å². The summed E-state index contributed by atoms with van der Waals surface area (Å²) in [6.45, 7) is 1.68. The third-order valence-electron chi connectivity index (χ3n) is 1.88. The summed E-state index contributed by atoms with van der Waals surface area (Å²) in [5.74, 6) is 0.558. The minimum absolute atomic E-state index is 0.558. The number of aromatic nitrogens is 2. The van der Waals surface area contributed by atoms with Crippen LogP contribution in [0.2, 0.25) is 0 Å². The van der Waals surface area contributed by atoms with E-state index in [0.717, 1.165) is 15.5 Å². The predicted molar refractivity (Wildman–Crippen MR) is 62.9 cm³/mol. The van der Waals surface area contributed by atoms with E-state index in [-0.39, 0.29) is 0 Å². The Morgan fingerprint density at radius 2 is 2.14 bits per heavy atom. The molecule has 0 aliphatic rings. The topological polar surface area (TPSA) is 28.7 Å². The van der Waals surface area contributed by atoms with Gasteiger partial charge in [0.25, 0.3) is 0 Å². The summed E-state index contributed by atoms with van der Waals surface area (Å²) in [6.07, 6.45) is 0.